The molecule has 0 radical (unpaired) electrons. The van der Waals surface area contributed by atoms with Crippen LogP contribution < -0.4 is 29.5 Å². The van der Waals surface area contributed by atoms with Gasteiger partial charge in [-0.1, -0.05) is 120 Å². The molecule has 2 fully saturated rings. The van der Waals surface area contributed by atoms with Gasteiger partial charge in [-0.2, -0.15) is 0 Å². The summed E-state index contributed by atoms with van der Waals surface area (Å²) < 4.78 is 13.7. The van der Waals surface area contributed by atoms with Crippen molar-refractivity contribution in [1.82, 2.24) is 0 Å². The van der Waals surface area contributed by atoms with Crippen molar-refractivity contribution >= 4 is 93.4 Å². The first kappa shape index (κ1) is 36.1. The normalized spacial score (nSPS) is 16.5. The summed E-state index contributed by atoms with van der Waals surface area (Å²) in [4.78, 5) is 60.4. The minimum atomic E-state index is -0.448. The van der Waals surface area contributed by atoms with Crippen LogP contribution in [0.15, 0.2) is 161 Å². The molecule has 0 aromatic heterocycles. The number of thioether (sulfide) groups is 4. The Morgan fingerprint density at radius 2 is 0.625 bits per heavy atom. The number of anilines is 4. The Balaban J connectivity index is 1.15. The van der Waals surface area contributed by atoms with Gasteiger partial charge in [-0.05, 0) is 62.4 Å². The van der Waals surface area contributed by atoms with Gasteiger partial charge in [0.25, 0.3) is 23.6 Å². The maximum absolute atomic E-state index is 14.4. The highest BCUT2D eigenvalue weighted by molar-refractivity contribution is 8.26. The molecule has 5 aromatic carbocycles. The SMILES string of the molecule is CCOc1c2c(c(OCC)c3c1SC(=C1C(=O)N(c4ccccc4)N(c4ccccc4)C1=O)S3)SC(=C1C(=O)N(c3ccccc3)N(c3ccccc3)C1=O)S2. The summed E-state index contributed by atoms with van der Waals surface area (Å²) in [5.41, 5.74) is 2.31. The van der Waals surface area contributed by atoms with Crippen LogP contribution in [0.25, 0.3) is 0 Å². The summed E-state index contributed by atoms with van der Waals surface area (Å²) in [5.74, 6) is -0.713. The fraction of sp³-hybridized carbons (Fsp3) is 0.0952. The summed E-state index contributed by atoms with van der Waals surface area (Å²) in [5, 5.41) is 5.64. The summed E-state index contributed by atoms with van der Waals surface area (Å²) in [6.45, 7) is 4.41. The number of rotatable bonds is 8. The van der Waals surface area contributed by atoms with E-state index >= 15 is 0 Å². The van der Waals surface area contributed by atoms with Crippen LogP contribution in [-0.2, 0) is 19.2 Å². The summed E-state index contributed by atoms with van der Waals surface area (Å²) in [6.07, 6.45) is 0. The number of carbonyl (C=O) groups is 4. The molecule has 9 rings (SSSR count). The number of hydrogen-bond donors (Lipinski definition) is 0. The Morgan fingerprint density at radius 1 is 0.393 bits per heavy atom. The molecule has 4 aliphatic rings. The Morgan fingerprint density at radius 3 is 0.839 bits per heavy atom. The number of carbonyl (C=O) groups excluding carboxylic acids is 4. The van der Waals surface area contributed by atoms with Crippen molar-refractivity contribution in [3.05, 3.63) is 141 Å². The molecule has 0 spiro atoms. The van der Waals surface area contributed by atoms with Crippen LogP contribution in [0.1, 0.15) is 13.8 Å². The molecule has 0 aliphatic carbocycles. The number of benzene rings is 5. The zero-order chi connectivity index (χ0) is 38.5. The predicted molar refractivity (Wildman–Crippen MR) is 222 cm³/mol. The van der Waals surface area contributed by atoms with Crippen LogP contribution in [0, 0.1) is 0 Å². The number of amides is 4. The quantitative estimate of drug-likeness (QED) is 0.111. The summed E-state index contributed by atoms with van der Waals surface area (Å²) >= 11 is 5.17. The third-order valence-electron chi connectivity index (χ3n) is 9.03. The van der Waals surface area contributed by atoms with Gasteiger partial charge in [0.2, 0.25) is 0 Å². The van der Waals surface area contributed by atoms with E-state index < -0.39 is 23.6 Å². The molecule has 5 aromatic rings. The number of hydrazine groups is 2. The highest BCUT2D eigenvalue weighted by Gasteiger charge is 2.50. The number of para-hydroxylation sites is 4. The van der Waals surface area contributed by atoms with Gasteiger partial charge in [-0.3, -0.25) is 19.2 Å². The Bertz CT molecular complexity index is 2170. The molecular formula is C42H30N4O6S4. The molecule has 0 N–H and O–H groups in total. The average Bonchev–Trinajstić information content (AvgIpc) is 3.98. The zero-order valence-corrected chi connectivity index (χ0v) is 33.1. The molecule has 4 heterocycles. The fourth-order valence-electron chi connectivity index (χ4n) is 6.68. The van der Waals surface area contributed by atoms with E-state index in [1.165, 1.54) is 67.1 Å². The van der Waals surface area contributed by atoms with E-state index in [2.05, 4.69) is 0 Å². The van der Waals surface area contributed by atoms with E-state index in [0.29, 0.717) is 75.5 Å². The van der Waals surface area contributed by atoms with Gasteiger partial charge in [-0.25, -0.2) is 20.0 Å². The minimum absolute atomic E-state index is 0.0428. The maximum Gasteiger partial charge on any atom is 0.284 e. The van der Waals surface area contributed by atoms with Crippen molar-refractivity contribution in [2.24, 2.45) is 0 Å². The first-order chi connectivity index (χ1) is 27.4. The largest absolute Gasteiger partial charge is 0.491 e. The van der Waals surface area contributed by atoms with Crippen molar-refractivity contribution in [3.8, 4) is 11.5 Å². The molecule has 14 heteroatoms. The average molecular weight is 815 g/mol. The summed E-state index contributed by atoms with van der Waals surface area (Å²) in [7, 11) is 0. The van der Waals surface area contributed by atoms with E-state index in [4.69, 9.17) is 9.47 Å². The molecule has 278 valence electrons. The molecule has 0 unspecified atom stereocenters. The lowest BCUT2D eigenvalue weighted by molar-refractivity contribution is -0.118. The lowest BCUT2D eigenvalue weighted by Crippen LogP contribution is -2.41. The number of hydrogen-bond acceptors (Lipinski definition) is 10. The Labute approximate surface area is 339 Å². The van der Waals surface area contributed by atoms with Gasteiger partial charge < -0.3 is 9.47 Å². The van der Waals surface area contributed by atoms with Gasteiger partial charge in [0.1, 0.15) is 22.6 Å². The molecule has 4 aliphatic heterocycles. The van der Waals surface area contributed by atoms with Crippen molar-refractivity contribution in [2.45, 2.75) is 33.4 Å². The first-order valence-electron chi connectivity index (χ1n) is 17.7. The fourth-order valence-corrected chi connectivity index (χ4v) is 12.3. The van der Waals surface area contributed by atoms with E-state index in [-0.39, 0.29) is 11.1 Å². The highest BCUT2D eigenvalue weighted by Crippen LogP contribution is 2.69. The van der Waals surface area contributed by atoms with Crippen molar-refractivity contribution in [1.29, 1.82) is 0 Å². The molecule has 10 nitrogen and oxygen atoms in total. The monoisotopic (exact) mass is 814 g/mol. The predicted octanol–water partition coefficient (Wildman–Crippen LogP) is 9.29. The first-order valence-corrected chi connectivity index (χ1v) is 20.9. The van der Waals surface area contributed by atoms with Gasteiger partial charge in [0.05, 0.1) is 64.0 Å². The van der Waals surface area contributed by atoms with Gasteiger partial charge in [0, 0.05) is 0 Å². The van der Waals surface area contributed by atoms with Crippen LogP contribution in [-0.4, -0.2) is 36.8 Å². The van der Waals surface area contributed by atoms with E-state index in [1.807, 2.05) is 86.6 Å². The number of ether oxygens (including phenoxy) is 2. The standard InChI is InChI=1S/C42H30N4O6S4/c1-3-51-31-33-35(55-41(53-33)29-37(47)43(25-17-9-5-10-18-25)44(38(29)48)26-19-11-6-12-20-26)32(52-4-2)36-34(31)54-42(56-36)30-39(49)45(27-21-13-7-14-22-27)46(40(30)50)28-23-15-8-16-24-28/h5-24H,3-4H2,1-2H3. The van der Waals surface area contributed by atoms with Crippen molar-refractivity contribution in [2.75, 3.05) is 33.2 Å². The van der Waals surface area contributed by atoms with Crippen LogP contribution in [0.4, 0.5) is 22.7 Å². The summed E-state index contributed by atoms with van der Waals surface area (Å²) in [6, 6.07) is 36.4. The van der Waals surface area contributed by atoms with Crippen molar-refractivity contribution < 1.29 is 28.7 Å². The van der Waals surface area contributed by atoms with Crippen LogP contribution in [0.5, 0.6) is 11.5 Å². The van der Waals surface area contributed by atoms with Crippen LogP contribution in [0.3, 0.4) is 0 Å². The molecule has 0 saturated carbocycles. The molecule has 2 saturated heterocycles. The maximum atomic E-state index is 14.4. The van der Waals surface area contributed by atoms with E-state index in [0.717, 1.165) is 0 Å². The second-order valence-corrected chi connectivity index (χ2v) is 17.0. The zero-order valence-electron chi connectivity index (χ0n) is 29.8. The second-order valence-electron chi connectivity index (χ2n) is 12.4. The smallest absolute Gasteiger partial charge is 0.284 e. The van der Waals surface area contributed by atoms with Crippen LogP contribution in [0.2, 0.25) is 0 Å². The number of fused-ring (bicyclic) bond motifs is 2. The topological polar surface area (TPSA) is 99.7 Å². The van der Waals surface area contributed by atoms with Gasteiger partial charge >= 0.3 is 0 Å². The molecule has 56 heavy (non-hydrogen) atoms. The minimum Gasteiger partial charge on any atom is -0.491 e. The second kappa shape index (κ2) is 14.8. The van der Waals surface area contributed by atoms with Gasteiger partial charge in [-0.15, -0.1) is 0 Å². The third-order valence-corrected chi connectivity index (χ3v) is 14.2. The molecule has 0 bridgehead atoms. The highest BCUT2D eigenvalue weighted by atomic mass is 32.2. The lowest BCUT2D eigenvalue weighted by atomic mass is 10.2. The Kier molecular flexibility index (Phi) is 9.57. The number of nitrogens with zero attached hydrogens (tertiary/aromatic N) is 4. The van der Waals surface area contributed by atoms with Crippen LogP contribution >= 0.6 is 47.0 Å². The molecule has 4 amide bonds. The van der Waals surface area contributed by atoms with Gasteiger partial charge in [0.15, 0.2) is 0 Å². The molecule has 0 atom stereocenters. The van der Waals surface area contributed by atoms with E-state index in [1.54, 1.807) is 48.5 Å². The molecular weight excluding hydrogens is 785 g/mol. The van der Waals surface area contributed by atoms with E-state index in [9.17, 15) is 19.2 Å². The Hall–Kier alpha value is -5.54. The van der Waals surface area contributed by atoms with Crippen molar-refractivity contribution in [3.63, 3.8) is 0 Å². The third kappa shape index (κ3) is 5.86. The lowest BCUT2D eigenvalue weighted by Gasteiger charge is -2.27.